The van der Waals surface area contributed by atoms with E-state index >= 15 is 0 Å². The Balaban J connectivity index is 1.72. The zero-order chi connectivity index (χ0) is 21.3. The molecule has 0 aliphatic rings. The summed E-state index contributed by atoms with van der Waals surface area (Å²) in [7, 11) is 3.59. The Labute approximate surface area is 170 Å². The van der Waals surface area contributed by atoms with Gasteiger partial charge >= 0.3 is 5.69 Å². The van der Waals surface area contributed by atoms with Gasteiger partial charge in [0.1, 0.15) is 5.69 Å². The van der Waals surface area contributed by atoms with Crippen molar-refractivity contribution in [2.24, 2.45) is 19.5 Å². The van der Waals surface area contributed by atoms with Crippen molar-refractivity contribution in [3.05, 3.63) is 46.5 Å². The molecule has 3 rings (SSSR count). The standard InChI is InChI=1S/C21H30N6O2/c1-14(9-10-22-19(28)16-11-25(5)13-23-16)15-7-8-17-18(24-15)26(6)20(29)27(17)12-21(2,3)4/h7-8,11,13-14H,9-10,12H2,1-6H3,(H,22,28)/t14-/m1/s1. The Kier molecular flexibility index (Phi) is 5.64. The van der Waals surface area contributed by atoms with E-state index in [0.717, 1.165) is 17.6 Å². The number of hydrogen-bond acceptors (Lipinski definition) is 4. The van der Waals surface area contributed by atoms with Gasteiger partial charge in [0.2, 0.25) is 0 Å². The highest BCUT2D eigenvalue weighted by molar-refractivity contribution is 5.91. The molecule has 0 aliphatic heterocycles. The minimum absolute atomic E-state index is 0.00408. The number of fused-ring (bicyclic) bond motifs is 1. The third-order valence-corrected chi connectivity index (χ3v) is 4.94. The maximum Gasteiger partial charge on any atom is 0.330 e. The Morgan fingerprint density at radius 2 is 1.97 bits per heavy atom. The number of aryl methyl sites for hydroxylation is 2. The molecule has 156 valence electrons. The van der Waals surface area contributed by atoms with Crippen LogP contribution in [0.4, 0.5) is 0 Å². The van der Waals surface area contributed by atoms with Crippen molar-refractivity contribution < 1.29 is 4.79 Å². The molecule has 0 unspecified atom stereocenters. The lowest BCUT2D eigenvalue weighted by Crippen LogP contribution is -2.27. The molecule has 1 atom stereocenters. The third-order valence-electron chi connectivity index (χ3n) is 4.94. The van der Waals surface area contributed by atoms with E-state index in [1.165, 1.54) is 0 Å². The van der Waals surface area contributed by atoms with Gasteiger partial charge in [-0.25, -0.2) is 14.8 Å². The van der Waals surface area contributed by atoms with Crippen LogP contribution in [0.3, 0.4) is 0 Å². The Hall–Kier alpha value is -2.90. The molecule has 1 amide bonds. The molecule has 0 fully saturated rings. The summed E-state index contributed by atoms with van der Waals surface area (Å²) in [6.45, 7) is 9.58. The van der Waals surface area contributed by atoms with Gasteiger partial charge in [0.25, 0.3) is 5.91 Å². The molecule has 0 aliphatic carbocycles. The van der Waals surface area contributed by atoms with Gasteiger partial charge in [-0.3, -0.25) is 13.9 Å². The summed E-state index contributed by atoms with van der Waals surface area (Å²) >= 11 is 0. The number of hydrogen-bond donors (Lipinski definition) is 1. The zero-order valence-electron chi connectivity index (χ0n) is 18.1. The maximum atomic E-state index is 12.7. The topological polar surface area (TPSA) is 86.7 Å². The SMILES string of the molecule is C[C@H](CCNC(=O)c1cn(C)cn1)c1ccc2c(n1)n(C)c(=O)n2CC(C)(C)C. The maximum absolute atomic E-state index is 12.7. The highest BCUT2D eigenvalue weighted by atomic mass is 16.2. The van der Waals surface area contributed by atoms with Crippen LogP contribution in [0.15, 0.2) is 29.5 Å². The van der Waals surface area contributed by atoms with E-state index in [1.807, 2.05) is 19.2 Å². The molecule has 8 nitrogen and oxygen atoms in total. The first-order valence-electron chi connectivity index (χ1n) is 9.89. The van der Waals surface area contributed by atoms with Gasteiger partial charge in [-0.05, 0) is 24.0 Å². The van der Waals surface area contributed by atoms with Crippen molar-refractivity contribution >= 4 is 17.1 Å². The van der Waals surface area contributed by atoms with Crippen LogP contribution in [0, 0.1) is 5.41 Å². The van der Waals surface area contributed by atoms with Crippen molar-refractivity contribution in [2.45, 2.75) is 46.6 Å². The molecule has 0 bridgehead atoms. The molecular weight excluding hydrogens is 368 g/mol. The first-order chi connectivity index (χ1) is 13.6. The fourth-order valence-electron chi connectivity index (χ4n) is 3.36. The molecule has 29 heavy (non-hydrogen) atoms. The van der Waals surface area contributed by atoms with Gasteiger partial charge in [-0.15, -0.1) is 0 Å². The van der Waals surface area contributed by atoms with E-state index in [2.05, 4.69) is 38.0 Å². The fraction of sp³-hybridized carbons (Fsp3) is 0.524. The van der Waals surface area contributed by atoms with Crippen LogP contribution in [-0.4, -0.2) is 36.1 Å². The lowest BCUT2D eigenvalue weighted by atomic mass is 9.97. The third kappa shape index (κ3) is 4.58. The Morgan fingerprint density at radius 3 is 2.59 bits per heavy atom. The number of rotatable bonds is 6. The smallest absolute Gasteiger partial charge is 0.330 e. The normalized spacial score (nSPS) is 13.0. The lowest BCUT2D eigenvalue weighted by Gasteiger charge is -2.18. The van der Waals surface area contributed by atoms with Crippen LogP contribution in [0.1, 0.15) is 56.2 Å². The van der Waals surface area contributed by atoms with Crippen LogP contribution in [0.25, 0.3) is 11.2 Å². The average Bonchev–Trinajstić information content (AvgIpc) is 3.18. The van der Waals surface area contributed by atoms with Crippen LogP contribution in [-0.2, 0) is 20.6 Å². The summed E-state index contributed by atoms with van der Waals surface area (Å²) in [6.07, 6.45) is 4.04. The molecule has 0 spiro atoms. The van der Waals surface area contributed by atoms with Gasteiger partial charge in [0, 0.05) is 45.0 Å². The summed E-state index contributed by atoms with van der Waals surface area (Å²) in [6, 6.07) is 3.96. The Bertz CT molecular complexity index is 1080. The average molecular weight is 399 g/mol. The fourth-order valence-corrected chi connectivity index (χ4v) is 3.36. The first kappa shape index (κ1) is 20.8. The molecule has 0 aromatic carbocycles. The minimum atomic E-state index is -0.178. The monoisotopic (exact) mass is 398 g/mol. The molecule has 3 aromatic rings. The first-order valence-corrected chi connectivity index (χ1v) is 9.89. The number of imidazole rings is 2. The van der Waals surface area contributed by atoms with Crippen molar-refractivity contribution in [1.29, 1.82) is 0 Å². The van der Waals surface area contributed by atoms with E-state index in [-0.39, 0.29) is 22.9 Å². The minimum Gasteiger partial charge on any atom is -0.351 e. The quantitative estimate of drug-likeness (QED) is 0.691. The van der Waals surface area contributed by atoms with Crippen LogP contribution >= 0.6 is 0 Å². The summed E-state index contributed by atoms with van der Waals surface area (Å²) in [5.41, 5.74) is 2.82. The van der Waals surface area contributed by atoms with Gasteiger partial charge in [-0.2, -0.15) is 0 Å². The number of carbonyl (C=O) groups excluding carboxylic acids is 1. The Morgan fingerprint density at radius 1 is 1.24 bits per heavy atom. The predicted molar refractivity (Wildman–Crippen MR) is 113 cm³/mol. The van der Waals surface area contributed by atoms with Crippen LogP contribution in [0.2, 0.25) is 0 Å². The molecule has 0 saturated carbocycles. The number of pyridine rings is 1. The highest BCUT2D eigenvalue weighted by Gasteiger charge is 2.19. The molecule has 8 heteroatoms. The molecule has 0 radical (unpaired) electrons. The molecule has 3 heterocycles. The molecule has 3 aromatic heterocycles. The largest absolute Gasteiger partial charge is 0.351 e. The number of carbonyl (C=O) groups is 1. The summed E-state index contributed by atoms with van der Waals surface area (Å²) in [4.78, 5) is 33.6. The van der Waals surface area contributed by atoms with Gasteiger partial charge in [0.15, 0.2) is 5.65 Å². The van der Waals surface area contributed by atoms with E-state index in [0.29, 0.717) is 24.4 Å². The van der Waals surface area contributed by atoms with E-state index in [1.54, 1.807) is 33.3 Å². The summed E-state index contributed by atoms with van der Waals surface area (Å²) in [5, 5.41) is 2.90. The second-order valence-corrected chi connectivity index (χ2v) is 8.94. The van der Waals surface area contributed by atoms with Crippen LogP contribution < -0.4 is 11.0 Å². The highest BCUT2D eigenvalue weighted by Crippen LogP contribution is 2.22. The summed E-state index contributed by atoms with van der Waals surface area (Å²) < 4.78 is 5.15. The second kappa shape index (κ2) is 7.85. The number of aromatic nitrogens is 5. The van der Waals surface area contributed by atoms with Crippen LogP contribution in [0.5, 0.6) is 0 Å². The van der Waals surface area contributed by atoms with E-state index in [9.17, 15) is 9.59 Å². The summed E-state index contributed by atoms with van der Waals surface area (Å²) in [5.74, 6) is -0.0348. The van der Waals surface area contributed by atoms with Gasteiger partial charge in [-0.1, -0.05) is 27.7 Å². The van der Waals surface area contributed by atoms with Crippen molar-refractivity contribution in [2.75, 3.05) is 6.54 Å². The van der Waals surface area contributed by atoms with E-state index in [4.69, 9.17) is 4.98 Å². The van der Waals surface area contributed by atoms with Gasteiger partial charge < -0.3 is 9.88 Å². The van der Waals surface area contributed by atoms with Crippen molar-refractivity contribution in [1.82, 2.24) is 29.0 Å². The predicted octanol–water partition coefficient (Wildman–Crippen LogP) is 2.44. The number of amides is 1. The van der Waals surface area contributed by atoms with Crippen molar-refractivity contribution in [3.8, 4) is 0 Å². The van der Waals surface area contributed by atoms with E-state index < -0.39 is 0 Å². The molecular formula is C21H30N6O2. The second-order valence-electron chi connectivity index (χ2n) is 8.94. The molecule has 0 saturated heterocycles. The zero-order valence-corrected chi connectivity index (χ0v) is 18.1. The lowest BCUT2D eigenvalue weighted by molar-refractivity contribution is 0.0948. The number of nitrogens with zero attached hydrogens (tertiary/aromatic N) is 5. The number of nitrogens with one attached hydrogen (secondary N) is 1. The van der Waals surface area contributed by atoms with Crippen molar-refractivity contribution in [3.63, 3.8) is 0 Å². The molecule has 1 N–H and O–H groups in total. The van der Waals surface area contributed by atoms with Gasteiger partial charge in [0.05, 0.1) is 11.8 Å².